The largest absolute Gasteiger partial charge is 0.383 e. The third-order valence-corrected chi connectivity index (χ3v) is 3.12. The van der Waals surface area contributed by atoms with E-state index in [9.17, 15) is 0 Å². The molecule has 1 aliphatic carbocycles. The molecule has 1 aromatic heterocycles. The Morgan fingerprint density at radius 1 is 1.53 bits per heavy atom. The van der Waals surface area contributed by atoms with E-state index in [4.69, 9.17) is 10.5 Å². The molecule has 0 aromatic carbocycles. The molecular formula is C13H21N3O. The Balaban J connectivity index is 1.95. The van der Waals surface area contributed by atoms with Gasteiger partial charge >= 0.3 is 0 Å². The smallest absolute Gasteiger partial charge is 0.0589 e. The van der Waals surface area contributed by atoms with Crippen LogP contribution in [-0.4, -0.2) is 36.2 Å². The maximum absolute atomic E-state index is 5.61. The third-order valence-electron chi connectivity index (χ3n) is 3.12. The second kappa shape index (κ2) is 6.10. The lowest BCUT2D eigenvalue weighted by Crippen LogP contribution is -2.29. The number of nitrogens with zero attached hydrogens (tertiary/aromatic N) is 2. The van der Waals surface area contributed by atoms with Gasteiger partial charge in [0.25, 0.3) is 0 Å². The van der Waals surface area contributed by atoms with Crippen molar-refractivity contribution in [3.63, 3.8) is 0 Å². The second-order valence-electron chi connectivity index (χ2n) is 4.55. The van der Waals surface area contributed by atoms with Crippen LogP contribution in [0, 0.1) is 0 Å². The van der Waals surface area contributed by atoms with Crippen molar-refractivity contribution in [2.45, 2.75) is 32.0 Å². The average Bonchev–Trinajstić information content (AvgIpc) is 3.19. The highest BCUT2D eigenvalue weighted by Gasteiger charge is 2.28. The van der Waals surface area contributed by atoms with Crippen molar-refractivity contribution in [3.8, 4) is 0 Å². The van der Waals surface area contributed by atoms with E-state index in [-0.39, 0.29) is 0 Å². The Kier molecular flexibility index (Phi) is 4.48. The highest BCUT2D eigenvalue weighted by Crippen LogP contribution is 2.27. The van der Waals surface area contributed by atoms with Gasteiger partial charge in [-0.2, -0.15) is 0 Å². The number of pyridine rings is 1. The summed E-state index contributed by atoms with van der Waals surface area (Å²) in [7, 11) is 1.75. The molecule has 0 saturated heterocycles. The quantitative estimate of drug-likeness (QED) is 0.770. The van der Waals surface area contributed by atoms with Crippen molar-refractivity contribution in [2.75, 3.05) is 20.3 Å². The van der Waals surface area contributed by atoms with Crippen LogP contribution in [0.4, 0.5) is 0 Å². The highest BCUT2D eigenvalue weighted by molar-refractivity contribution is 5.16. The van der Waals surface area contributed by atoms with Gasteiger partial charge in [-0.3, -0.25) is 9.88 Å². The fraction of sp³-hybridized carbons (Fsp3) is 0.615. The molecule has 2 N–H and O–H groups in total. The van der Waals surface area contributed by atoms with Gasteiger partial charge in [-0.25, -0.2) is 0 Å². The maximum atomic E-state index is 5.61. The summed E-state index contributed by atoms with van der Waals surface area (Å²) in [5.41, 5.74) is 7.86. The van der Waals surface area contributed by atoms with Crippen molar-refractivity contribution >= 4 is 0 Å². The predicted molar refractivity (Wildman–Crippen MR) is 67.4 cm³/mol. The van der Waals surface area contributed by atoms with E-state index in [1.807, 2.05) is 6.20 Å². The van der Waals surface area contributed by atoms with Crippen molar-refractivity contribution in [1.82, 2.24) is 9.88 Å². The lowest BCUT2D eigenvalue weighted by molar-refractivity contribution is 0.139. The zero-order valence-corrected chi connectivity index (χ0v) is 10.4. The van der Waals surface area contributed by atoms with Crippen LogP contribution < -0.4 is 5.73 Å². The number of aromatic nitrogens is 1. The van der Waals surface area contributed by atoms with E-state index in [0.717, 1.165) is 31.4 Å². The molecule has 0 radical (unpaired) electrons. The van der Waals surface area contributed by atoms with Crippen molar-refractivity contribution in [3.05, 3.63) is 29.6 Å². The molecule has 4 heteroatoms. The van der Waals surface area contributed by atoms with E-state index >= 15 is 0 Å². The van der Waals surface area contributed by atoms with Gasteiger partial charge in [0.15, 0.2) is 0 Å². The van der Waals surface area contributed by atoms with Crippen molar-refractivity contribution < 1.29 is 4.74 Å². The van der Waals surface area contributed by atoms with Gasteiger partial charge < -0.3 is 10.5 Å². The van der Waals surface area contributed by atoms with Gasteiger partial charge in [0.1, 0.15) is 0 Å². The van der Waals surface area contributed by atoms with Crippen LogP contribution in [0.1, 0.15) is 24.1 Å². The minimum atomic E-state index is 0.509. The molecule has 1 heterocycles. The standard InChI is InChI=1S/C13H21N3O/c1-17-7-6-16(13-2-3-13)10-11-4-5-15-12(8-11)9-14/h4-5,8,13H,2-3,6-7,9-10,14H2,1H3. The molecule has 0 bridgehead atoms. The minimum absolute atomic E-state index is 0.509. The number of rotatable bonds is 7. The minimum Gasteiger partial charge on any atom is -0.383 e. The first kappa shape index (κ1) is 12.5. The molecule has 1 aliphatic rings. The van der Waals surface area contributed by atoms with E-state index in [0.29, 0.717) is 6.54 Å². The van der Waals surface area contributed by atoms with Crippen LogP contribution >= 0.6 is 0 Å². The summed E-state index contributed by atoms with van der Waals surface area (Å²) in [6, 6.07) is 4.92. The summed E-state index contributed by atoms with van der Waals surface area (Å²) < 4.78 is 5.16. The molecule has 0 atom stereocenters. The molecule has 94 valence electrons. The highest BCUT2D eigenvalue weighted by atomic mass is 16.5. The zero-order valence-electron chi connectivity index (χ0n) is 10.4. The summed E-state index contributed by atoms with van der Waals surface area (Å²) in [6.07, 6.45) is 4.48. The van der Waals surface area contributed by atoms with Crippen molar-refractivity contribution in [2.24, 2.45) is 5.73 Å². The monoisotopic (exact) mass is 235 g/mol. The maximum Gasteiger partial charge on any atom is 0.0589 e. The van der Waals surface area contributed by atoms with E-state index in [2.05, 4.69) is 22.0 Å². The Morgan fingerprint density at radius 2 is 2.35 bits per heavy atom. The molecule has 17 heavy (non-hydrogen) atoms. The van der Waals surface area contributed by atoms with E-state index in [1.54, 1.807) is 7.11 Å². The van der Waals surface area contributed by atoms with Gasteiger partial charge in [0, 0.05) is 39.0 Å². The van der Waals surface area contributed by atoms with Gasteiger partial charge in [-0.05, 0) is 30.5 Å². The molecule has 0 amide bonds. The lowest BCUT2D eigenvalue weighted by atomic mass is 10.2. The number of nitrogens with two attached hydrogens (primary N) is 1. The van der Waals surface area contributed by atoms with Gasteiger partial charge in [-0.15, -0.1) is 0 Å². The Bertz CT molecular complexity index is 352. The average molecular weight is 235 g/mol. The Hall–Kier alpha value is -0.970. The molecule has 1 saturated carbocycles. The fourth-order valence-corrected chi connectivity index (χ4v) is 2.01. The third kappa shape index (κ3) is 3.77. The lowest BCUT2D eigenvalue weighted by Gasteiger charge is -2.21. The summed E-state index contributed by atoms with van der Waals surface area (Å²) in [6.45, 7) is 3.28. The van der Waals surface area contributed by atoms with Crippen LogP contribution in [0.5, 0.6) is 0 Å². The SMILES string of the molecule is COCCN(Cc1ccnc(CN)c1)C1CC1. The molecule has 0 aliphatic heterocycles. The van der Waals surface area contributed by atoms with E-state index in [1.165, 1.54) is 18.4 Å². The zero-order chi connectivity index (χ0) is 12.1. The molecule has 1 fully saturated rings. The summed E-state index contributed by atoms with van der Waals surface area (Å²) in [5, 5.41) is 0. The van der Waals surface area contributed by atoms with Crippen LogP contribution in [0.2, 0.25) is 0 Å². The van der Waals surface area contributed by atoms with Crippen LogP contribution in [0.3, 0.4) is 0 Å². The number of methoxy groups -OCH3 is 1. The second-order valence-corrected chi connectivity index (χ2v) is 4.55. The van der Waals surface area contributed by atoms with E-state index < -0.39 is 0 Å². The molecule has 1 aromatic rings. The molecule has 4 nitrogen and oxygen atoms in total. The number of hydrogen-bond donors (Lipinski definition) is 1. The Morgan fingerprint density at radius 3 is 3.00 bits per heavy atom. The Labute approximate surface area is 103 Å². The summed E-state index contributed by atoms with van der Waals surface area (Å²) in [4.78, 5) is 6.70. The summed E-state index contributed by atoms with van der Waals surface area (Å²) >= 11 is 0. The first-order valence-electron chi connectivity index (χ1n) is 6.20. The van der Waals surface area contributed by atoms with Gasteiger partial charge in [0.2, 0.25) is 0 Å². The first-order valence-corrected chi connectivity index (χ1v) is 6.20. The van der Waals surface area contributed by atoms with Gasteiger partial charge in [-0.1, -0.05) is 0 Å². The number of hydrogen-bond acceptors (Lipinski definition) is 4. The van der Waals surface area contributed by atoms with Gasteiger partial charge in [0.05, 0.1) is 12.3 Å². The van der Waals surface area contributed by atoms with Crippen LogP contribution in [0.25, 0.3) is 0 Å². The van der Waals surface area contributed by atoms with Crippen LogP contribution in [-0.2, 0) is 17.8 Å². The topological polar surface area (TPSA) is 51.4 Å². The summed E-state index contributed by atoms with van der Waals surface area (Å²) in [5.74, 6) is 0. The van der Waals surface area contributed by atoms with Crippen molar-refractivity contribution in [1.29, 1.82) is 0 Å². The number of ether oxygens (including phenoxy) is 1. The predicted octanol–water partition coefficient (Wildman–Crippen LogP) is 1.15. The molecule has 2 rings (SSSR count). The molecule has 0 unspecified atom stereocenters. The van der Waals surface area contributed by atoms with Crippen LogP contribution in [0.15, 0.2) is 18.3 Å². The normalized spacial score (nSPS) is 15.5. The fourth-order valence-electron chi connectivity index (χ4n) is 2.01. The molecule has 0 spiro atoms. The molecular weight excluding hydrogens is 214 g/mol. The first-order chi connectivity index (χ1) is 8.33.